The van der Waals surface area contributed by atoms with Gasteiger partial charge in [0.15, 0.2) is 0 Å². The molecule has 0 nitrogen and oxygen atoms in total. The van der Waals surface area contributed by atoms with Crippen molar-refractivity contribution in [1.82, 2.24) is 0 Å². The van der Waals surface area contributed by atoms with Crippen LogP contribution in [0, 0.1) is 112 Å². The van der Waals surface area contributed by atoms with Crippen LogP contribution < -0.4 is 0 Å². The van der Waals surface area contributed by atoms with E-state index in [1.807, 2.05) is 0 Å². The van der Waals surface area contributed by atoms with Crippen molar-refractivity contribution >= 4 is 34.1 Å². The van der Waals surface area contributed by atoms with E-state index in [0.717, 1.165) is 41.9 Å². The maximum absolute atomic E-state index is 4.93. The summed E-state index contributed by atoms with van der Waals surface area (Å²) in [4.78, 5) is 0. The van der Waals surface area contributed by atoms with Gasteiger partial charge in [-0.3, -0.25) is 0 Å². The SMILES string of the molecule is C1=CC2C(CCCc3ccccc3)CC(CCC3CCCC3)C2C=C1.C=CCCCC1CCC(C(c2ccccc2)(c2ccccc2)C2C3C=C(C(C)(C)C)C=CC3C3C=CC(C(C)(C)C)=CC32)C1.[CH3-].[CH3-].[CH3-].[CH3-].[Cl][Zr+2][Cl].[Cl][Zr+2][Cl]. The zero-order valence-electron chi connectivity index (χ0n) is 50.5. The maximum atomic E-state index is 4.93. The Morgan fingerprint density at radius 1 is 0.506 bits per heavy atom. The summed E-state index contributed by atoms with van der Waals surface area (Å²) in [6.45, 7) is 18.4. The van der Waals surface area contributed by atoms with Gasteiger partial charge in [-0.25, -0.2) is 0 Å². The molecule has 0 spiro atoms. The van der Waals surface area contributed by atoms with Crippen molar-refractivity contribution in [3.8, 4) is 0 Å². The van der Waals surface area contributed by atoms with Gasteiger partial charge < -0.3 is 29.7 Å². The normalized spacial score (nSPS) is 26.9. The Balaban J connectivity index is 0.000000399. The second-order valence-corrected chi connectivity index (χ2v) is 32.9. The zero-order valence-corrected chi connectivity index (χ0v) is 58.4. The van der Waals surface area contributed by atoms with E-state index in [2.05, 4.69) is 206 Å². The molecule has 3 aromatic rings. The summed E-state index contributed by atoms with van der Waals surface area (Å²) in [7, 11) is 19.7. The van der Waals surface area contributed by atoms with E-state index in [0.29, 0.717) is 35.5 Å². The predicted octanol–water partition coefficient (Wildman–Crippen LogP) is 23.5. The first-order chi connectivity index (χ1) is 36.3. The third kappa shape index (κ3) is 18.6. The van der Waals surface area contributed by atoms with Crippen LogP contribution in [0.2, 0.25) is 0 Å². The van der Waals surface area contributed by atoms with Crippen LogP contribution in [0.3, 0.4) is 0 Å². The molecule has 0 saturated heterocycles. The van der Waals surface area contributed by atoms with Gasteiger partial charge in [-0.2, -0.15) is 0 Å². The summed E-state index contributed by atoms with van der Waals surface area (Å²) in [5.74, 6) is 8.53. The first kappa shape index (κ1) is 72.0. The standard InChI is InChI=1S/C44H56.C25H34.4CH3.4ClH.2Zr/c1-8-9-12-17-31-22-23-36(28-31)44(32-18-13-10-14-19-32,33-20-15-11-16-21-33)41-39-29-34(42(2,3)4)24-26-37(39)38-27-25-35(30-40(38)41)43(5,6)7;1-2-9-20(10-3-1)13-8-14-22-19-23(18-17-21-11-4-5-12-21)25-16-7-6-15-24(22)25;;;;;;;;;;/h8,10-11,13-16,18-21,24-27,29-31,36-41H,1,9,12,17,22-23,28H2,2-7H3;1-3,6-7,9-10,15-16,21-25H,4-5,8,11-14,17-19H2;4*1H3;4*1H;;/q;;4*-1;;;;;2*+4/p-4. The fourth-order valence-corrected chi connectivity index (χ4v) is 15.6. The van der Waals surface area contributed by atoms with Crippen molar-refractivity contribution < 1.29 is 41.7 Å². The van der Waals surface area contributed by atoms with Crippen LogP contribution in [0.15, 0.2) is 176 Å². The van der Waals surface area contributed by atoms with Gasteiger partial charge >= 0.3 is 75.7 Å². The van der Waals surface area contributed by atoms with E-state index in [1.165, 1.54) is 124 Å². The van der Waals surface area contributed by atoms with Crippen LogP contribution in [-0.4, -0.2) is 0 Å². The number of benzene rings is 3. The quantitative estimate of drug-likeness (QED) is 0.0808. The van der Waals surface area contributed by atoms with Crippen LogP contribution >= 0.6 is 34.1 Å². The Hall–Kier alpha value is -1.23. The van der Waals surface area contributed by atoms with E-state index in [1.54, 1.807) is 0 Å². The number of rotatable bonds is 15. The minimum atomic E-state index is -0.826. The number of hydrogen-bond donors (Lipinski definition) is 0. The number of hydrogen-bond acceptors (Lipinski definition) is 0. The average molecular weight is 1300 g/mol. The van der Waals surface area contributed by atoms with Crippen molar-refractivity contribution in [2.24, 2.45) is 81.8 Å². The molecule has 10 atom stereocenters. The third-order valence-corrected chi connectivity index (χ3v) is 19.1. The topological polar surface area (TPSA) is 0 Å². The molecule has 430 valence electrons. The van der Waals surface area contributed by atoms with Gasteiger partial charge in [0.05, 0.1) is 0 Å². The van der Waals surface area contributed by atoms with Gasteiger partial charge in [-0.1, -0.05) is 244 Å². The first-order valence-electron chi connectivity index (χ1n) is 29.1. The molecule has 0 N–H and O–H groups in total. The number of unbranched alkanes of at least 4 members (excludes halogenated alkanes) is 1. The van der Waals surface area contributed by atoms with Gasteiger partial charge in [0.1, 0.15) is 0 Å². The zero-order chi connectivity index (χ0) is 53.4. The molecule has 0 aliphatic heterocycles. The number of allylic oxidation sites excluding steroid dienone is 13. The van der Waals surface area contributed by atoms with E-state index in [4.69, 9.17) is 34.1 Å². The van der Waals surface area contributed by atoms with Crippen LogP contribution in [-0.2, 0) is 53.5 Å². The van der Waals surface area contributed by atoms with Crippen molar-refractivity contribution in [1.29, 1.82) is 0 Å². The molecule has 0 radical (unpaired) electrons. The van der Waals surface area contributed by atoms with Crippen molar-refractivity contribution in [3.63, 3.8) is 0 Å². The molecule has 6 heteroatoms. The van der Waals surface area contributed by atoms with Crippen LogP contribution in [0.1, 0.15) is 155 Å². The minimum absolute atomic E-state index is 0. The van der Waals surface area contributed by atoms with E-state index >= 15 is 0 Å². The molecule has 0 bridgehead atoms. The first-order valence-corrected chi connectivity index (χ1v) is 41.8. The molecular weight excluding hydrogens is 1200 g/mol. The fraction of sp³-hybridized carbons (Fsp3) is 0.507. The molecule has 3 aromatic carbocycles. The molecule has 7 aliphatic rings. The van der Waals surface area contributed by atoms with Gasteiger partial charge in [0, 0.05) is 5.41 Å². The number of fused-ring (bicyclic) bond motifs is 4. The van der Waals surface area contributed by atoms with E-state index in [9.17, 15) is 0 Å². The fourth-order valence-electron chi connectivity index (χ4n) is 15.6. The molecular formula is C73H102Cl4Zr2. The van der Waals surface area contributed by atoms with Crippen molar-refractivity contribution in [3.05, 3.63) is 222 Å². The molecule has 0 aromatic heterocycles. The Kier molecular flexibility index (Phi) is 32.2. The summed E-state index contributed by atoms with van der Waals surface area (Å²) in [6.07, 6.45) is 49.7. The second kappa shape index (κ2) is 35.3. The Morgan fingerprint density at radius 3 is 1.44 bits per heavy atom. The molecule has 10 rings (SSSR count). The summed E-state index contributed by atoms with van der Waals surface area (Å²) in [6, 6.07) is 34.6. The van der Waals surface area contributed by atoms with E-state index < -0.39 is 41.7 Å². The second-order valence-electron chi connectivity index (χ2n) is 25.4. The number of aryl methyl sites for hydroxylation is 1. The summed E-state index contributed by atoms with van der Waals surface area (Å²) in [5, 5.41) is 0. The van der Waals surface area contributed by atoms with Gasteiger partial charge in [0.2, 0.25) is 0 Å². The summed E-state index contributed by atoms with van der Waals surface area (Å²) >= 11 is -1.65. The van der Waals surface area contributed by atoms with Gasteiger partial charge in [0.25, 0.3) is 0 Å². The van der Waals surface area contributed by atoms with Crippen LogP contribution in [0.25, 0.3) is 0 Å². The monoisotopic (exact) mass is 1300 g/mol. The average Bonchev–Trinajstić information content (AvgIpc) is 4.27. The van der Waals surface area contributed by atoms with E-state index in [-0.39, 0.29) is 46.0 Å². The number of halogens is 4. The van der Waals surface area contributed by atoms with Crippen LogP contribution in [0.4, 0.5) is 0 Å². The molecule has 0 amide bonds. The molecule has 0 heterocycles. The third-order valence-electron chi connectivity index (χ3n) is 19.1. The Morgan fingerprint density at radius 2 is 0.975 bits per heavy atom. The van der Waals surface area contributed by atoms with Crippen LogP contribution in [0.5, 0.6) is 0 Å². The summed E-state index contributed by atoms with van der Waals surface area (Å²) in [5.41, 5.74) is 7.80. The molecule has 4 fully saturated rings. The Labute approximate surface area is 524 Å². The predicted molar refractivity (Wildman–Crippen MR) is 346 cm³/mol. The van der Waals surface area contributed by atoms with Gasteiger partial charge in [-0.05, 0) is 167 Å². The molecule has 4 saturated carbocycles. The molecule has 79 heavy (non-hydrogen) atoms. The van der Waals surface area contributed by atoms with Crippen molar-refractivity contribution in [2.45, 2.75) is 150 Å². The molecule has 7 aliphatic carbocycles. The van der Waals surface area contributed by atoms with Gasteiger partial charge in [-0.15, -0.1) is 6.58 Å². The molecule has 10 unspecified atom stereocenters. The van der Waals surface area contributed by atoms with Crippen molar-refractivity contribution in [2.75, 3.05) is 0 Å². The Bertz CT molecular complexity index is 2270. The summed E-state index contributed by atoms with van der Waals surface area (Å²) < 4.78 is 0.